The van der Waals surface area contributed by atoms with Gasteiger partial charge in [0, 0.05) is 5.41 Å². The Kier molecular flexibility index (Phi) is 37.1. The lowest BCUT2D eigenvalue weighted by molar-refractivity contribution is -0.0555. The monoisotopic (exact) mass is 665 g/mol. The molecule has 2 unspecified atom stereocenters. The van der Waals surface area contributed by atoms with Crippen LogP contribution in [-0.4, -0.2) is 22.4 Å². The number of hydrogen-bond donors (Lipinski definition) is 2. The summed E-state index contributed by atoms with van der Waals surface area (Å²) in [6, 6.07) is 0. The molecule has 0 aromatic heterocycles. The topological polar surface area (TPSA) is 40.5 Å². The van der Waals surface area contributed by atoms with Crippen LogP contribution < -0.4 is 0 Å². The number of rotatable bonds is 40. The van der Waals surface area contributed by atoms with Crippen LogP contribution in [-0.2, 0) is 0 Å². The van der Waals surface area contributed by atoms with E-state index in [9.17, 15) is 10.2 Å². The zero-order valence-electron chi connectivity index (χ0n) is 33.4. The van der Waals surface area contributed by atoms with Crippen molar-refractivity contribution in [1.82, 2.24) is 0 Å². The fourth-order valence-corrected chi connectivity index (χ4v) is 7.44. The molecule has 0 aliphatic heterocycles. The molecule has 2 nitrogen and oxygen atoms in total. The average molecular weight is 665 g/mol. The Labute approximate surface area is 298 Å². The van der Waals surface area contributed by atoms with Crippen molar-refractivity contribution >= 4 is 0 Å². The molecule has 0 radical (unpaired) electrons. The highest BCUT2D eigenvalue weighted by atomic mass is 16.3. The fraction of sp³-hybridized carbons (Fsp3) is 1.00. The third kappa shape index (κ3) is 32.9. The van der Waals surface area contributed by atoms with Gasteiger partial charge in [-0.1, -0.05) is 259 Å². The molecular weight excluding hydrogens is 572 g/mol. The summed E-state index contributed by atoms with van der Waals surface area (Å²) >= 11 is 0. The second kappa shape index (κ2) is 37.2. The summed E-state index contributed by atoms with van der Waals surface area (Å²) in [6.07, 6.45) is 50.8. The quantitative estimate of drug-likeness (QED) is 0.0640. The van der Waals surface area contributed by atoms with Crippen LogP contribution in [0.2, 0.25) is 0 Å². The molecule has 0 aliphatic rings. The molecule has 2 N–H and O–H groups in total. The molecule has 0 rings (SSSR count). The van der Waals surface area contributed by atoms with E-state index in [1.165, 1.54) is 218 Å². The van der Waals surface area contributed by atoms with Gasteiger partial charge in [-0.15, -0.1) is 0 Å². The Hall–Kier alpha value is -0.0800. The second-order valence-corrected chi connectivity index (χ2v) is 16.5. The molecule has 0 saturated carbocycles. The number of aliphatic hydroxyl groups is 2. The lowest BCUT2D eigenvalue weighted by atomic mass is 9.77. The maximum absolute atomic E-state index is 10.9. The summed E-state index contributed by atoms with van der Waals surface area (Å²) in [4.78, 5) is 0. The molecule has 0 amide bonds. The van der Waals surface area contributed by atoms with Gasteiger partial charge in [0.25, 0.3) is 0 Å². The lowest BCUT2D eigenvalue weighted by Gasteiger charge is -2.35. The Morgan fingerprint density at radius 2 is 0.426 bits per heavy atom. The van der Waals surface area contributed by atoms with Crippen molar-refractivity contribution in [1.29, 1.82) is 0 Å². The molecule has 0 aromatic carbocycles. The van der Waals surface area contributed by atoms with Crippen molar-refractivity contribution in [3.63, 3.8) is 0 Å². The lowest BCUT2D eigenvalue weighted by Crippen LogP contribution is -2.40. The van der Waals surface area contributed by atoms with Gasteiger partial charge >= 0.3 is 0 Å². The predicted octanol–water partition coefficient (Wildman–Crippen LogP) is 15.6. The molecule has 0 saturated heterocycles. The maximum atomic E-state index is 10.9. The van der Waals surface area contributed by atoms with E-state index in [2.05, 4.69) is 27.7 Å². The first-order valence-electron chi connectivity index (χ1n) is 22.3. The summed E-state index contributed by atoms with van der Waals surface area (Å²) in [5.41, 5.74) is -0.400. The van der Waals surface area contributed by atoms with Crippen molar-refractivity contribution in [3.8, 4) is 0 Å². The van der Waals surface area contributed by atoms with E-state index < -0.39 is 17.6 Å². The van der Waals surface area contributed by atoms with Crippen molar-refractivity contribution in [3.05, 3.63) is 0 Å². The van der Waals surface area contributed by atoms with Crippen molar-refractivity contribution in [2.45, 2.75) is 284 Å². The number of aliphatic hydroxyl groups excluding tert-OH is 2. The first-order valence-corrected chi connectivity index (χ1v) is 22.3. The molecule has 0 aliphatic carbocycles. The summed E-state index contributed by atoms with van der Waals surface area (Å²) in [5, 5.41) is 21.7. The summed E-state index contributed by atoms with van der Waals surface area (Å²) < 4.78 is 0. The molecule has 0 heterocycles. The smallest absolute Gasteiger partial charge is 0.0615 e. The molecule has 47 heavy (non-hydrogen) atoms. The van der Waals surface area contributed by atoms with Crippen LogP contribution in [0.3, 0.4) is 0 Å². The van der Waals surface area contributed by atoms with E-state index in [0.29, 0.717) is 0 Å². The summed E-state index contributed by atoms with van der Waals surface area (Å²) in [6.45, 7) is 8.74. The normalized spacial score (nSPS) is 13.4. The van der Waals surface area contributed by atoms with Gasteiger partial charge in [-0.25, -0.2) is 0 Å². The Balaban J connectivity index is 3.48. The van der Waals surface area contributed by atoms with Gasteiger partial charge in [-0.05, 0) is 12.8 Å². The van der Waals surface area contributed by atoms with E-state index in [4.69, 9.17) is 0 Å². The molecule has 0 spiro atoms. The van der Waals surface area contributed by atoms with Crippen LogP contribution in [0.15, 0.2) is 0 Å². The Bertz CT molecular complexity index is 524. The third-order valence-corrected chi connectivity index (χ3v) is 11.4. The van der Waals surface area contributed by atoms with E-state index >= 15 is 0 Å². The SMILES string of the molecule is CCCCCCCCCCCCCCCCCCCCC(O)C(C)(C)C(O)CCCCCCCCCCCCCCCCCCCC. The van der Waals surface area contributed by atoms with Crippen LogP contribution in [0.4, 0.5) is 0 Å². The van der Waals surface area contributed by atoms with E-state index in [1.54, 1.807) is 0 Å². The van der Waals surface area contributed by atoms with E-state index in [1.807, 2.05) is 0 Å². The molecule has 0 aromatic rings. The number of unbranched alkanes of at least 4 members (excludes halogenated alkanes) is 34. The Morgan fingerprint density at radius 3 is 0.596 bits per heavy atom. The van der Waals surface area contributed by atoms with Crippen LogP contribution in [0, 0.1) is 5.41 Å². The van der Waals surface area contributed by atoms with E-state index in [0.717, 1.165) is 25.7 Å². The zero-order valence-corrected chi connectivity index (χ0v) is 33.4. The highest BCUT2D eigenvalue weighted by Crippen LogP contribution is 2.32. The molecule has 0 fully saturated rings. The van der Waals surface area contributed by atoms with Crippen LogP contribution in [0.1, 0.15) is 272 Å². The van der Waals surface area contributed by atoms with Crippen molar-refractivity contribution < 1.29 is 10.2 Å². The van der Waals surface area contributed by atoms with Gasteiger partial charge in [0.05, 0.1) is 12.2 Å². The minimum absolute atomic E-state index is 0.394. The predicted molar refractivity (Wildman–Crippen MR) is 213 cm³/mol. The summed E-state index contributed by atoms with van der Waals surface area (Å²) in [7, 11) is 0. The highest BCUT2D eigenvalue weighted by molar-refractivity contribution is 4.85. The van der Waals surface area contributed by atoms with Gasteiger partial charge < -0.3 is 10.2 Å². The molecule has 284 valence electrons. The molecule has 0 bridgehead atoms. The molecule has 2 atom stereocenters. The van der Waals surface area contributed by atoms with E-state index in [-0.39, 0.29) is 0 Å². The first kappa shape index (κ1) is 46.9. The highest BCUT2D eigenvalue weighted by Gasteiger charge is 2.34. The van der Waals surface area contributed by atoms with Crippen LogP contribution in [0.5, 0.6) is 0 Å². The van der Waals surface area contributed by atoms with Crippen LogP contribution >= 0.6 is 0 Å². The fourth-order valence-electron chi connectivity index (χ4n) is 7.44. The Morgan fingerprint density at radius 1 is 0.277 bits per heavy atom. The van der Waals surface area contributed by atoms with Gasteiger partial charge in [0.15, 0.2) is 0 Å². The largest absolute Gasteiger partial charge is 0.392 e. The maximum Gasteiger partial charge on any atom is 0.0615 e. The van der Waals surface area contributed by atoms with Crippen molar-refractivity contribution in [2.24, 2.45) is 5.41 Å². The summed E-state index contributed by atoms with van der Waals surface area (Å²) in [5.74, 6) is 0. The van der Waals surface area contributed by atoms with Gasteiger partial charge in [0.2, 0.25) is 0 Å². The standard InChI is InChI=1S/C45H92O2/c1-5-7-9-11-13-15-17-19-21-23-25-27-29-31-33-35-37-39-41-43(46)45(3,4)44(47)42-40-38-36-34-32-30-28-26-24-22-20-18-16-14-12-10-8-6-2/h43-44,46-47H,5-42H2,1-4H3. The first-order chi connectivity index (χ1) is 23.0. The molecular formula is C45H92O2. The third-order valence-electron chi connectivity index (χ3n) is 11.4. The zero-order chi connectivity index (χ0) is 34.5. The van der Waals surface area contributed by atoms with Crippen molar-refractivity contribution in [2.75, 3.05) is 0 Å². The average Bonchev–Trinajstić information content (AvgIpc) is 3.06. The molecule has 2 heteroatoms. The minimum Gasteiger partial charge on any atom is -0.392 e. The minimum atomic E-state index is -0.400. The number of hydrogen-bond acceptors (Lipinski definition) is 2. The van der Waals surface area contributed by atoms with Gasteiger partial charge in [-0.2, -0.15) is 0 Å². The second-order valence-electron chi connectivity index (χ2n) is 16.5. The van der Waals surface area contributed by atoms with Crippen LogP contribution in [0.25, 0.3) is 0 Å². The van der Waals surface area contributed by atoms with Gasteiger partial charge in [0.1, 0.15) is 0 Å². The van der Waals surface area contributed by atoms with Gasteiger partial charge in [-0.3, -0.25) is 0 Å².